The van der Waals surface area contributed by atoms with E-state index in [1.807, 2.05) is 6.92 Å². The molecule has 0 heterocycles. The maximum absolute atomic E-state index is 12.1. The second-order valence-corrected chi connectivity index (χ2v) is 4.92. The van der Waals surface area contributed by atoms with Crippen molar-refractivity contribution in [2.75, 3.05) is 26.7 Å². The average Bonchev–Trinajstić information content (AvgIpc) is 2.15. The van der Waals surface area contributed by atoms with Crippen LogP contribution in [-0.2, 0) is 0 Å². The predicted octanol–water partition coefficient (Wildman–Crippen LogP) is 2.60. The molecule has 0 aliphatic heterocycles. The molecule has 1 atom stereocenters. The number of nitrogens with zero attached hydrogens (tertiary/aromatic N) is 1. The SMILES string of the molecule is CC(C)CNCCCC(C)N(C)CC(F)F. The highest BCUT2D eigenvalue weighted by Crippen LogP contribution is 2.06. The van der Waals surface area contributed by atoms with Crippen LogP contribution < -0.4 is 5.32 Å². The lowest BCUT2D eigenvalue weighted by Crippen LogP contribution is -2.34. The van der Waals surface area contributed by atoms with E-state index in [0.717, 1.165) is 25.9 Å². The summed E-state index contributed by atoms with van der Waals surface area (Å²) >= 11 is 0. The van der Waals surface area contributed by atoms with E-state index in [1.165, 1.54) is 0 Å². The van der Waals surface area contributed by atoms with Gasteiger partial charge in [-0.25, -0.2) is 8.78 Å². The van der Waals surface area contributed by atoms with Gasteiger partial charge in [0.05, 0.1) is 6.54 Å². The Kier molecular flexibility index (Phi) is 8.76. The third kappa shape index (κ3) is 9.04. The summed E-state index contributed by atoms with van der Waals surface area (Å²) in [6, 6.07) is 0.231. The van der Waals surface area contributed by atoms with Crippen molar-refractivity contribution in [1.29, 1.82) is 0 Å². The Morgan fingerprint density at radius 1 is 1.19 bits per heavy atom. The Morgan fingerprint density at radius 2 is 1.81 bits per heavy atom. The summed E-state index contributed by atoms with van der Waals surface area (Å²) in [7, 11) is 1.76. The quantitative estimate of drug-likeness (QED) is 0.619. The molecule has 0 radical (unpaired) electrons. The van der Waals surface area contributed by atoms with Gasteiger partial charge in [0, 0.05) is 6.04 Å². The Morgan fingerprint density at radius 3 is 2.31 bits per heavy atom. The van der Waals surface area contributed by atoms with Crippen LogP contribution in [0.5, 0.6) is 0 Å². The number of rotatable bonds is 9. The summed E-state index contributed by atoms with van der Waals surface area (Å²) in [4.78, 5) is 1.73. The molecule has 0 bridgehead atoms. The van der Waals surface area contributed by atoms with Crippen LogP contribution in [0.15, 0.2) is 0 Å². The minimum atomic E-state index is -2.23. The van der Waals surface area contributed by atoms with Gasteiger partial charge in [0.1, 0.15) is 0 Å². The first-order valence-corrected chi connectivity index (χ1v) is 6.12. The molecule has 0 aliphatic rings. The highest BCUT2D eigenvalue weighted by Gasteiger charge is 2.13. The number of hydrogen-bond donors (Lipinski definition) is 1. The summed E-state index contributed by atoms with van der Waals surface area (Å²) in [5, 5.41) is 3.35. The van der Waals surface area contributed by atoms with E-state index in [1.54, 1.807) is 11.9 Å². The van der Waals surface area contributed by atoms with Crippen molar-refractivity contribution < 1.29 is 8.78 Å². The lowest BCUT2D eigenvalue weighted by atomic mass is 10.1. The lowest BCUT2D eigenvalue weighted by molar-refractivity contribution is 0.0820. The van der Waals surface area contributed by atoms with Crippen LogP contribution in [0.2, 0.25) is 0 Å². The second-order valence-electron chi connectivity index (χ2n) is 4.92. The van der Waals surface area contributed by atoms with Gasteiger partial charge in [0.25, 0.3) is 6.43 Å². The Labute approximate surface area is 98.4 Å². The van der Waals surface area contributed by atoms with Crippen molar-refractivity contribution in [3.05, 3.63) is 0 Å². The van der Waals surface area contributed by atoms with Gasteiger partial charge in [-0.15, -0.1) is 0 Å². The molecule has 98 valence electrons. The van der Waals surface area contributed by atoms with Gasteiger partial charge in [-0.1, -0.05) is 13.8 Å². The highest BCUT2D eigenvalue weighted by atomic mass is 19.3. The minimum absolute atomic E-state index is 0.124. The molecule has 1 unspecified atom stereocenters. The van der Waals surface area contributed by atoms with Gasteiger partial charge in [-0.05, 0) is 45.8 Å². The van der Waals surface area contributed by atoms with Crippen molar-refractivity contribution in [3.8, 4) is 0 Å². The number of hydrogen-bond acceptors (Lipinski definition) is 2. The average molecular weight is 236 g/mol. The molecule has 0 rings (SSSR count). The van der Waals surface area contributed by atoms with Gasteiger partial charge >= 0.3 is 0 Å². The zero-order valence-corrected chi connectivity index (χ0v) is 11.0. The fourth-order valence-electron chi connectivity index (χ4n) is 1.53. The third-order valence-corrected chi connectivity index (χ3v) is 2.71. The fraction of sp³-hybridized carbons (Fsp3) is 1.00. The molecule has 1 N–H and O–H groups in total. The molecular formula is C12H26F2N2. The number of halogens is 2. The standard InChI is InChI=1S/C12H26F2N2/c1-10(2)8-15-7-5-6-11(3)16(4)9-12(13)14/h10-12,15H,5-9H2,1-4H3. The fourth-order valence-corrected chi connectivity index (χ4v) is 1.53. The summed E-state index contributed by atoms with van der Waals surface area (Å²) in [5.41, 5.74) is 0. The second kappa shape index (κ2) is 8.88. The van der Waals surface area contributed by atoms with Crippen LogP contribution in [0.1, 0.15) is 33.6 Å². The first-order chi connectivity index (χ1) is 7.43. The first kappa shape index (κ1) is 15.8. The van der Waals surface area contributed by atoms with Gasteiger partial charge in [-0.3, -0.25) is 4.90 Å². The van der Waals surface area contributed by atoms with Crippen LogP contribution in [0.25, 0.3) is 0 Å². The van der Waals surface area contributed by atoms with Crippen LogP contribution in [0, 0.1) is 5.92 Å². The molecule has 0 saturated carbocycles. The molecule has 2 nitrogen and oxygen atoms in total. The molecule has 0 spiro atoms. The topological polar surface area (TPSA) is 15.3 Å². The van der Waals surface area contributed by atoms with E-state index >= 15 is 0 Å². The monoisotopic (exact) mass is 236 g/mol. The molecule has 0 amide bonds. The molecule has 0 aromatic rings. The summed E-state index contributed by atoms with van der Waals surface area (Å²) in [5.74, 6) is 0.666. The molecule has 0 aliphatic carbocycles. The first-order valence-electron chi connectivity index (χ1n) is 6.12. The number of nitrogens with one attached hydrogen (secondary N) is 1. The largest absolute Gasteiger partial charge is 0.316 e. The molecule has 0 saturated heterocycles. The molecule has 4 heteroatoms. The van der Waals surface area contributed by atoms with Gasteiger partial charge in [0.2, 0.25) is 0 Å². The zero-order chi connectivity index (χ0) is 12.6. The lowest BCUT2D eigenvalue weighted by Gasteiger charge is -2.24. The summed E-state index contributed by atoms with van der Waals surface area (Å²) in [6.07, 6.45) is -0.220. The van der Waals surface area contributed by atoms with Crippen molar-refractivity contribution in [2.24, 2.45) is 5.92 Å². The van der Waals surface area contributed by atoms with E-state index in [-0.39, 0.29) is 12.6 Å². The van der Waals surface area contributed by atoms with Gasteiger partial charge < -0.3 is 5.32 Å². The van der Waals surface area contributed by atoms with Crippen molar-refractivity contribution in [1.82, 2.24) is 10.2 Å². The van der Waals surface area contributed by atoms with Crippen LogP contribution in [-0.4, -0.2) is 44.0 Å². The van der Waals surface area contributed by atoms with Crippen molar-refractivity contribution >= 4 is 0 Å². The normalized spacial score (nSPS) is 14.1. The van der Waals surface area contributed by atoms with E-state index in [2.05, 4.69) is 19.2 Å². The minimum Gasteiger partial charge on any atom is -0.316 e. The zero-order valence-electron chi connectivity index (χ0n) is 11.0. The Balaban J connectivity index is 3.45. The van der Waals surface area contributed by atoms with Crippen LogP contribution >= 0.6 is 0 Å². The number of alkyl halides is 2. The Bertz CT molecular complexity index is 163. The summed E-state index contributed by atoms with van der Waals surface area (Å²) in [6.45, 7) is 8.23. The molecule has 0 aromatic carbocycles. The molecule has 0 fully saturated rings. The third-order valence-electron chi connectivity index (χ3n) is 2.71. The highest BCUT2D eigenvalue weighted by molar-refractivity contribution is 4.65. The van der Waals surface area contributed by atoms with Gasteiger partial charge in [0.15, 0.2) is 0 Å². The van der Waals surface area contributed by atoms with E-state index in [9.17, 15) is 8.78 Å². The van der Waals surface area contributed by atoms with Crippen molar-refractivity contribution in [3.63, 3.8) is 0 Å². The van der Waals surface area contributed by atoms with E-state index in [0.29, 0.717) is 5.92 Å². The summed E-state index contributed by atoms with van der Waals surface area (Å²) < 4.78 is 24.2. The predicted molar refractivity (Wildman–Crippen MR) is 65.0 cm³/mol. The van der Waals surface area contributed by atoms with Gasteiger partial charge in [-0.2, -0.15) is 0 Å². The molecule has 0 aromatic heterocycles. The van der Waals surface area contributed by atoms with E-state index in [4.69, 9.17) is 0 Å². The van der Waals surface area contributed by atoms with Crippen LogP contribution in [0.4, 0.5) is 8.78 Å². The smallest absolute Gasteiger partial charge is 0.251 e. The molecular weight excluding hydrogens is 210 g/mol. The van der Waals surface area contributed by atoms with Crippen molar-refractivity contribution in [2.45, 2.75) is 46.1 Å². The molecule has 16 heavy (non-hydrogen) atoms. The maximum Gasteiger partial charge on any atom is 0.251 e. The van der Waals surface area contributed by atoms with E-state index < -0.39 is 6.43 Å². The van der Waals surface area contributed by atoms with Crippen LogP contribution in [0.3, 0.4) is 0 Å². The Hall–Kier alpha value is -0.220. The maximum atomic E-state index is 12.1.